The highest BCUT2D eigenvalue weighted by Gasteiger charge is 2.40. The monoisotopic (exact) mass is 384 g/mol. The van der Waals surface area contributed by atoms with E-state index in [0.29, 0.717) is 11.1 Å². The average Bonchev–Trinajstić information content (AvgIpc) is 3.29. The quantitative estimate of drug-likeness (QED) is 0.526. The van der Waals surface area contributed by atoms with Gasteiger partial charge in [-0.25, -0.2) is 4.68 Å². The number of amides is 1. The van der Waals surface area contributed by atoms with Crippen molar-refractivity contribution in [2.75, 3.05) is 5.32 Å². The largest absolute Gasteiger partial charge is 0.434 e. The fourth-order valence-electron chi connectivity index (χ4n) is 3.05. The highest BCUT2D eigenvalue weighted by molar-refractivity contribution is 6.09. The van der Waals surface area contributed by atoms with Crippen molar-refractivity contribution in [1.29, 1.82) is 0 Å². The van der Waals surface area contributed by atoms with E-state index in [1.54, 1.807) is 36.5 Å². The van der Waals surface area contributed by atoms with Crippen LogP contribution >= 0.6 is 0 Å². The molecule has 2 aromatic carbocycles. The van der Waals surface area contributed by atoms with E-state index in [0.717, 1.165) is 22.0 Å². The number of hydrogen-bond donors (Lipinski definition) is 2. The maximum Gasteiger partial charge on any atom is 0.434 e. The molecule has 142 valence electrons. The molecule has 0 bridgehead atoms. The Labute approximate surface area is 157 Å². The minimum atomic E-state index is -4.76. The second-order valence-electron chi connectivity index (χ2n) is 6.35. The van der Waals surface area contributed by atoms with Gasteiger partial charge in [0.15, 0.2) is 5.69 Å². The molecule has 0 fully saturated rings. The number of carbonyl (C=O) groups is 1. The first-order chi connectivity index (χ1) is 13.3. The summed E-state index contributed by atoms with van der Waals surface area (Å²) in [5.74, 6) is -0.876. The number of carbonyl (C=O) groups excluding carboxylic acids is 1. The highest BCUT2D eigenvalue weighted by Crippen LogP contribution is 2.34. The average molecular weight is 384 g/mol. The molecule has 0 aliphatic heterocycles. The summed E-state index contributed by atoms with van der Waals surface area (Å²) >= 11 is 0. The smallest absolute Gasteiger partial charge is 0.361 e. The summed E-state index contributed by atoms with van der Waals surface area (Å²) in [6.07, 6.45) is -2.12. The van der Waals surface area contributed by atoms with E-state index < -0.39 is 23.3 Å². The topological polar surface area (TPSA) is 62.7 Å². The molecule has 0 aliphatic carbocycles. The van der Waals surface area contributed by atoms with Crippen LogP contribution in [-0.2, 0) is 6.18 Å². The van der Waals surface area contributed by atoms with E-state index in [9.17, 15) is 18.0 Å². The SMILES string of the molecule is Cc1ccc(-n2ncc(C(=O)Nc3cccc4[nH]ccc34)c2C(F)(F)F)cc1. The Hall–Kier alpha value is -3.55. The van der Waals surface area contributed by atoms with E-state index in [1.807, 2.05) is 13.0 Å². The minimum absolute atomic E-state index is 0.227. The predicted molar refractivity (Wildman–Crippen MR) is 99.6 cm³/mol. The fourth-order valence-corrected chi connectivity index (χ4v) is 3.05. The third-order valence-electron chi connectivity index (χ3n) is 4.40. The number of nitrogens with one attached hydrogen (secondary N) is 2. The van der Waals surface area contributed by atoms with Crippen molar-refractivity contribution in [3.63, 3.8) is 0 Å². The molecule has 0 radical (unpaired) electrons. The summed E-state index contributed by atoms with van der Waals surface area (Å²) in [5, 5.41) is 7.09. The van der Waals surface area contributed by atoms with E-state index in [1.165, 1.54) is 12.1 Å². The summed E-state index contributed by atoms with van der Waals surface area (Å²) in [5.41, 5.74) is 0.659. The Morgan fingerprint density at radius 2 is 1.86 bits per heavy atom. The van der Waals surface area contributed by atoms with Gasteiger partial charge in [-0.1, -0.05) is 23.8 Å². The zero-order chi connectivity index (χ0) is 19.9. The van der Waals surface area contributed by atoms with Crippen LogP contribution in [-0.4, -0.2) is 20.7 Å². The molecule has 8 heteroatoms. The van der Waals surface area contributed by atoms with E-state index >= 15 is 0 Å². The molecule has 5 nitrogen and oxygen atoms in total. The van der Waals surface area contributed by atoms with Crippen LogP contribution in [0.1, 0.15) is 21.6 Å². The van der Waals surface area contributed by atoms with Crippen molar-refractivity contribution < 1.29 is 18.0 Å². The lowest BCUT2D eigenvalue weighted by Crippen LogP contribution is -2.20. The van der Waals surface area contributed by atoms with Crippen LogP contribution in [0.5, 0.6) is 0 Å². The molecule has 0 aliphatic rings. The van der Waals surface area contributed by atoms with Crippen LogP contribution in [0.4, 0.5) is 18.9 Å². The fraction of sp³-hybridized carbons (Fsp3) is 0.100. The highest BCUT2D eigenvalue weighted by atomic mass is 19.4. The number of aryl methyl sites for hydroxylation is 1. The van der Waals surface area contributed by atoms with E-state index in [-0.39, 0.29) is 5.69 Å². The molecule has 4 aromatic rings. The lowest BCUT2D eigenvalue weighted by molar-refractivity contribution is -0.143. The van der Waals surface area contributed by atoms with Crippen molar-refractivity contribution in [2.24, 2.45) is 0 Å². The van der Waals surface area contributed by atoms with Gasteiger partial charge in [-0.05, 0) is 37.3 Å². The second-order valence-corrected chi connectivity index (χ2v) is 6.35. The number of hydrogen-bond acceptors (Lipinski definition) is 2. The van der Waals surface area contributed by atoms with Crippen molar-refractivity contribution >= 4 is 22.5 Å². The second kappa shape index (κ2) is 6.56. The zero-order valence-corrected chi connectivity index (χ0v) is 14.7. The third-order valence-corrected chi connectivity index (χ3v) is 4.40. The summed E-state index contributed by atoms with van der Waals surface area (Å²) in [7, 11) is 0. The predicted octanol–water partition coefficient (Wildman–Crippen LogP) is 4.93. The summed E-state index contributed by atoms with van der Waals surface area (Å²) in [4.78, 5) is 15.7. The molecular formula is C20H15F3N4O. The number of H-pyrrole nitrogens is 1. The number of alkyl halides is 3. The molecule has 2 N–H and O–H groups in total. The number of benzene rings is 2. The minimum Gasteiger partial charge on any atom is -0.361 e. The molecule has 4 rings (SSSR count). The molecule has 2 heterocycles. The van der Waals surface area contributed by atoms with Gasteiger partial charge in [0.05, 0.1) is 23.1 Å². The number of aromatic nitrogens is 3. The van der Waals surface area contributed by atoms with Gasteiger partial charge in [-0.15, -0.1) is 0 Å². The Morgan fingerprint density at radius 3 is 2.57 bits per heavy atom. The van der Waals surface area contributed by atoms with Crippen LogP contribution in [0.15, 0.2) is 60.9 Å². The number of anilines is 1. The Morgan fingerprint density at radius 1 is 1.11 bits per heavy atom. The van der Waals surface area contributed by atoms with E-state index in [4.69, 9.17) is 0 Å². The molecule has 0 unspecified atom stereocenters. The van der Waals surface area contributed by atoms with Gasteiger partial charge in [0.25, 0.3) is 5.91 Å². The number of halogens is 3. The number of rotatable bonds is 3. The summed E-state index contributed by atoms with van der Waals surface area (Å²) in [6.45, 7) is 1.83. The summed E-state index contributed by atoms with van der Waals surface area (Å²) in [6, 6.07) is 13.3. The van der Waals surface area contributed by atoms with E-state index in [2.05, 4.69) is 15.4 Å². The third kappa shape index (κ3) is 3.13. The van der Waals surface area contributed by atoms with Crippen molar-refractivity contribution in [1.82, 2.24) is 14.8 Å². The van der Waals surface area contributed by atoms with Gasteiger partial charge < -0.3 is 10.3 Å². The van der Waals surface area contributed by atoms with Gasteiger partial charge in [0, 0.05) is 17.1 Å². The molecule has 0 atom stereocenters. The van der Waals surface area contributed by atoms with Crippen LogP contribution < -0.4 is 5.32 Å². The van der Waals surface area contributed by atoms with Crippen molar-refractivity contribution in [2.45, 2.75) is 13.1 Å². The molecule has 28 heavy (non-hydrogen) atoms. The maximum atomic E-state index is 13.8. The van der Waals surface area contributed by atoms with Crippen molar-refractivity contribution in [3.8, 4) is 5.69 Å². The molecular weight excluding hydrogens is 369 g/mol. The first kappa shape index (κ1) is 17.8. The molecule has 1 amide bonds. The molecule has 2 aromatic heterocycles. The standard InChI is InChI=1S/C20H15F3N4O/c1-12-5-7-13(8-6-12)27-18(20(21,22)23)15(11-25-27)19(28)26-17-4-2-3-16-14(17)9-10-24-16/h2-11,24H,1H3,(H,26,28). The Kier molecular flexibility index (Phi) is 4.18. The van der Waals surface area contributed by atoms with Gasteiger partial charge in [0.1, 0.15) is 0 Å². The maximum absolute atomic E-state index is 13.8. The van der Waals surface area contributed by atoms with Gasteiger partial charge in [-0.2, -0.15) is 18.3 Å². The van der Waals surface area contributed by atoms with Crippen LogP contribution in [0.3, 0.4) is 0 Å². The Bertz CT molecular complexity index is 1160. The zero-order valence-electron chi connectivity index (χ0n) is 14.7. The van der Waals surface area contributed by atoms with Gasteiger partial charge in [-0.3, -0.25) is 4.79 Å². The lowest BCUT2D eigenvalue weighted by Gasteiger charge is -2.13. The van der Waals surface area contributed by atoms with Gasteiger partial charge in [0.2, 0.25) is 0 Å². The number of nitrogens with zero attached hydrogens (tertiary/aromatic N) is 2. The van der Waals surface area contributed by atoms with Crippen LogP contribution in [0, 0.1) is 6.92 Å². The molecule has 0 saturated carbocycles. The number of fused-ring (bicyclic) bond motifs is 1. The van der Waals surface area contributed by atoms with Gasteiger partial charge >= 0.3 is 6.18 Å². The van der Waals surface area contributed by atoms with Crippen molar-refractivity contribution in [3.05, 3.63) is 77.7 Å². The Balaban J connectivity index is 1.76. The first-order valence-corrected chi connectivity index (χ1v) is 8.44. The molecule has 0 spiro atoms. The van der Waals surface area contributed by atoms with Crippen LogP contribution in [0.2, 0.25) is 0 Å². The molecule has 0 saturated heterocycles. The normalized spacial score (nSPS) is 11.7. The summed E-state index contributed by atoms with van der Waals surface area (Å²) < 4.78 is 42.0. The first-order valence-electron chi connectivity index (χ1n) is 8.44. The lowest BCUT2D eigenvalue weighted by atomic mass is 10.1. The van der Waals surface area contributed by atoms with Crippen LogP contribution in [0.25, 0.3) is 16.6 Å². The number of aromatic amines is 1.